The number of nitrogens with zero attached hydrogens (tertiary/aromatic N) is 3. The van der Waals surface area contributed by atoms with Gasteiger partial charge in [0.15, 0.2) is 5.82 Å². The summed E-state index contributed by atoms with van der Waals surface area (Å²) in [7, 11) is 0. The Morgan fingerprint density at radius 1 is 1.16 bits per heavy atom. The molecule has 1 fully saturated rings. The van der Waals surface area contributed by atoms with Gasteiger partial charge in [0.25, 0.3) is 5.56 Å². The maximum absolute atomic E-state index is 13.1. The molecule has 0 spiro atoms. The second kappa shape index (κ2) is 8.92. The molecule has 0 bridgehead atoms. The van der Waals surface area contributed by atoms with Crippen molar-refractivity contribution in [3.8, 4) is 0 Å². The highest BCUT2D eigenvalue weighted by Gasteiger charge is 2.22. The molecule has 1 aliphatic rings. The highest BCUT2D eigenvalue weighted by atomic mass is 16.2. The summed E-state index contributed by atoms with van der Waals surface area (Å²) in [5.41, 5.74) is 1.64. The van der Waals surface area contributed by atoms with Crippen LogP contribution in [0.3, 0.4) is 0 Å². The van der Waals surface area contributed by atoms with E-state index >= 15 is 0 Å². The van der Waals surface area contributed by atoms with Crippen LogP contribution in [0.2, 0.25) is 0 Å². The molecule has 2 aromatic carbocycles. The van der Waals surface area contributed by atoms with Crippen LogP contribution >= 0.6 is 0 Å². The van der Waals surface area contributed by atoms with E-state index in [1.807, 2.05) is 48.5 Å². The Hall–Kier alpha value is -3.15. The average Bonchev–Trinajstić information content (AvgIpc) is 2.76. The quantitative estimate of drug-likeness (QED) is 0.667. The third-order valence-electron chi connectivity index (χ3n) is 5.94. The van der Waals surface area contributed by atoms with Crippen LogP contribution < -0.4 is 15.8 Å². The van der Waals surface area contributed by atoms with Gasteiger partial charge in [-0.1, -0.05) is 51.1 Å². The number of nitrogens with one attached hydrogen (secondary N) is 1. The lowest BCUT2D eigenvalue weighted by atomic mass is 10.00. The highest BCUT2D eigenvalue weighted by molar-refractivity contribution is 5.93. The fourth-order valence-corrected chi connectivity index (χ4v) is 4.25. The lowest BCUT2D eigenvalue weighted by Crippen LogP contribution is -2.38. The molecule has 0 radical (unpaired) electrons. The molecule has 3 aromatic rings. The van der Waals surface area contributed by atoms with Gasteiger partial charge in [-0.2, -0.15) is 5.10 Å². The average molecular weight is 419 g/mol. The maximum Gasteiger partial charge on any atom is 0.275 e. The van der Waals surface area contributed by atoms with Crippen molar-refractivity contribution in [2.24, 2.45) is 5.92 Å². The number of hydrogen-bond acceptors (Lipinski definition) is 4. The van der Waals surface area contributed by atoms with Crippen molar-refractivity contribution in [3.63, 3.8) is 0 Å². The van der Waals surface area contributed by atoms with Crippen molar-refractivity contribution in [2.75, 3.05) is 23.3 Å². The second-order valence-electron chi connectivity index (χ2n) is 8.85. The van der Waals surface area contributed by atoms with Crippen LogP contribution in [0.5, 0.6) is 0 Å². The van der Waals surface area contributed by atoms with E-state index in [2.05, 4.69) is 36.1 Å². The molecule has 31 heavy (non-hydrogen) atoms. The number of fused-ring (bicyclic) bond motifs is 1. The molecule has 4 rings (SSSR count). The van der Waals surface area contributed by atoms with E-state index in [-0.39, 0.29) is 18.0 Å². The number of amides is 1. The molecule has 0 aliphatic carbocycles. The first kappa shape index (κ1) is 21.1. The number of piperidine rings is 1. The Morgan fingerprint density at radius 2 is 1.94 bits per heavy atom. The Morgan fingerprint density at radius 3 is 2.68 bits per heavy atom. The van der Waals surface area contributed by atoms with E-state index in [9.17, 15) is 9.59 Å². The summed E-state index contributed by atoms with van der Waals surface area (Å²) in [4.78, 5) is 28.1. The summed E-state index contributed by atoms with van der Waals surface area (Å²) in [6.45, 7) is 8.16. The molecule has 1 amide bonds. The van der Waals surface area contributed by atoms with Gasteiger partial charge in [0.1, 0.15) is 6.54 Å². The Bertz CT molecular complexity index is 1150. The molecule has 1 atom stereocenters. The third-order valence-corrected chi connectivity index (χ3v) is 5.94. The molecule has 0 saturated carbocycles. The third kappa shape index (κ3) is 4.63. The zero-order valence-electron chi connectivity index (χ0n) is 18.5. The molecule has 1 N–H and O–H groups in total. The topological polar surface area (TPSA) is 67.2 Å². The predicted octanol–water partition coefficient (Wildman–Crippen LogP) is 4.39. The zero-order chi connectivity index (χ0) is 22.0. The molecule has 6 nitrogen and oxygen atoms in total. The Balaban J connectivity index is 1.64. The number of benzene rings is 2. The molecule has 1 aliphatic heterocycles. The maximum atomic E-state index is 13.1. The number of hydrogen-bond donors (Lipinski definition) is 1. The van der Waals surface area contributed by atoms with Gasteiger partial charge in [-0.3, -0.25) is 9.59 Å². The van der Waals surface area contributed by atoms with Crippen LogP contribution in [-0.2, 0) is 11.3 Å². The minimum absolute atomic E-state index is 0.119. The summed E-state index contributed by atoms with van der Waals surface area (Å²) in [6, 6.07) is 15.4. The van der Waals surface area contributed by atoms with E-state index in [4.69, 9.17) is 0 Å². The van der Waals surface area contributed by atoms with Gasteiger partial charge >= 0.3 is 0 Å². The summed E-state index contributed by atoms with van der Waals surface area (Å²) < 4.78 is 1.30. The number of carbonyl (C=O) groups excluding carboxylic acids is 1. The molecule has 162 valence electrons. The SMILES string of the molecule is CC1CCCN(c2nn(CC(=O)Nc3cccc(C(C)C)c3)c(=O)c3ccccc23)C1. The van der Waals surface area contributed by atoms with Crippen molar-refractivity contribution in [1.82, 2.24) is 9.78 Å². The van der Waals surface area contributed by atoms with Crippen molar-refractivity contribution in [3.05, 3.63) is 64.4 Å². The summed E-state index contributed by atoms with van der Waals surface area (Å²) in [5, 5.41) is 9.02. The first-order valence-electron chi connectivity index (χ1n) is 11.1. The van der Waals surface area contributed by atoms with Crippen LogP contribution in [0.15, 0.2) is 53.3 Å². The van der Waals surface area contributed by atoms with Gasteiger partial charge in [-0.15, -0.1) is 0 Å². The lowest BCUT2D eigenvalue weighted by Gasteiger charge is -2.32. The van der Waals surface area contributed by atoms with Crippen LogP contribution in [-0.4, -0.2) is 28.8 Å². The van der Waals surface area contributed by atoms with E-state index in [0.717, 1.165) is 42.0 Å². The number of carbonyl (C=O) groups is 1. The standard InChI is InChI=1S/C25H30N4O2/c1-17(2)19-9-6-10-20(14-19)26-23(30)16-29-25(31)22-12-5-4-11-21(22)24(27-29)28-13-7-8-18(3)15-28/h4-6,9-12,14,17-18H,7-8,13,15-16H2,1-3H3,(H,26,30). The van der Waals surface area contributed by atoms with E-state index in [1.54, 1.807) is 0 Å². The largest absolute Gasteiger partial charge is 0.354 e. The first-order valence-corrected chi connectivity index (χ1v) is 11.1. The van der Waals surface area contributed by atoms with Gasteiger partial charge in [-0.05, 0) is 48.4 Å². The summed E-state index contributed by atoms with van der Waals surface area (Å²) >= 11 is 0. The normalized spacial score (nSPS) is 16.6. The van der Waals surface area contributed by atoms with Crippen LogP contribution in [0, 0.1) is 5.92 Å². The summed E-state index contributed by atoms with van der Waals surface area (Å²) in [6.07, 6.45) is 2.30. The van der Waals surface area contributed by atoms with Crippen molar-refractivity contribution >= 4 is 28.2 Å². The van der Waals surface area contributed by atoms with E-state index < -0.39 is 0 Å². The molecular formula is C25H30N4O2. The molecule has 2 heterocycles. The van der Waals surface area contributed by atoms with Crippen LogP contribution in [0.4, 0.5) is 11.5 Å². The molecule has 1 unspecified atom stereocenters. The number of anilines is 2. The van der Waals surface area contributed by atoms with Crippen molar-refractivity contribution in [1.29, 1.82) is 0 Å². The molecule has 6 heteroatoms. The van der Waals surface area contributed by atoms with Crippen molar-refractivity contribution < 1.29 is 4.79 Å². The Labute approximate surface area is 182 Å². The fraction of sp³-hybridized carbons (Fsp3) is 0.400. The minimum Gasteiger partial charge on any atom is -0.354 e. The number of rotatable bonds is 5. The van der Waals surface area contributed by atoms with E-state index in [1.165, 1.54) is 11.1 Å². The van der Waals surface area contributed by atoms with Crippen molar-refractivity contribution in [2.45, 2.75) is 46.1 Å². The first-order chi connectivity index (χ1) is 14.9. The van der Waals surface area contributed by atoms with Gasteiger partial charge in [0.2, 0.25) is 5.91 Å². The fourth-order valence-electron chi connectivity index (χ4n) is 4.25. The monoisotopic (exact) mass is 418 g/mol. The summed E-state index contributed by atoms with van der Waals surface area (Å²) in [5.74, 6) is 1.47. The molecule has 1 aromatic heterocycles. The predicted molar refractivity (Wildman–Crippen MR) is 126 cm³/mol. The Kier molecular flexibility index (Phi) is 6.07. The van der Waals surface area contributed by atoms with Gasteiger partial charge < -0.3 is 10.2 Å². The second-order valence-corrected chi connectivity index (χ2v) is 8.85. The lowest BCUT2D eigenvalue weighted by molar-refractivity contribution is -0.117. The van der Waals surface area contributed by atoms with Crippen LogP contribution in [0.25, 0.3) is 10.8 Å². The molecule has 1 saturated heterocycles. The van der Waals surface area contributed by atoms with Gasteiger partial charge in [0.05, 0.1) is 5.39 Å². The molecular weight excluding hydrogens is 388 g/mol. The zero-order valence-corrected chi connectivity index (χ0v) is 18.5. The minimum atomic E-state index is -0.260. The highest BCUT2D eigenvalue weighted by Crippen LogP contribution is 2.27. The van der Waals surface area contributed by atoms with Gasteiger partial charge in [0, 0.05) is 24.2 Å². The smallest absolute Gasteiger partial charge is 0.275 e. The van der Waals surface area contributed by atoms with Crippen LogP contribution in [0.1, 0.15) is 45.1 Å². The number of aromatic nitrogens is 2. The van der Waals surface area contributed by atoms with Gasteiger partial charge in [-0.25, -0.2) is 4.68 Å². The van der Waals surface area contributed by atoms with E-state index in [0.29, 0.717) is 17.2 Å².